The molecule has 0 saturated carbocycles. The molecular formula is C14H18N4O2S. The van der Waals surface area contributed by atoms with E-state index in [-0.39, 0.29) is 10.6 Å². The van der Waals surface area contributed by atoms with Gasteiger partial charge in [-0.15, -0.1) is 11.3 Å². The van der Waals surface area contributed by atoms with Gasteiger partial charge in [-0.1, -0.05) is 6.92 Å². The van der Waals surface area contributed by atoms with Gasteiger partial charge in [-0.25, -0.2) is 4.98 Å². The molecule has 1 aromatic heterocycles. The van der Waals surface area contributed by atoms with Crippen molar-refractivity contribution < 1.29 is 4.92 Å². The Labute approximate surface area is 127 Å². The van der Waals surface area contributed by atoms with Gasteiger partial charge in [0.2, 0.25) is 0 Å². The fraction of sp³-hybridized carbons (Fsp3) is 0.357. The fourth-order valence-corrected chi connectivity index (χ4v) is 2.60. The summed E-state index contributed by atoms with van der Waals surface area (Å²) >= 11 is 1.61. The Morgan fingerprint density at radius 3 is 2.57 bits per heavy atom. The number of rotatable bonds is 7. The first-order chi connectivity index (χ1) is 10.1. The van der Waals surface area contributed by atoms with Crippen LogP contribution in [0.2, 0.25) is 0 Å². The van der Waals surface area contributed by atoms with Crippen molar-refractivity contribution in [2.24, 2.45) is 0 Å². The van der Waals surface area contributed by atoms with Crippen molar-refractivity contribution in [1.29, 1.82) is 0 Å². The second-order valence-corrected chi connectivity index (χ2v) is 5.97. The van der Waals surface area contributed by atoms with E-state index >= 15 is 0 Å². The van der Waals surface area contributed by atoms with Gasteiger partial charge in [0.05, 0.1) is 16.5 Å². The average molecular weight is 306 g/mol. The summed E-state index contributed by atoms with van der Waals surface area (Å²) in [6, 6.07) is 4.99. The molecule has 0 aliphatic carbocycles. The van der Waals surface area contributed by atoms with E-state index in [2.05, 4.69) is 22.5 Å². The van der Waals surface area contributed by atoms with Crippen molar-refractivity contribution in [2.75, 3.05) is 17.2 Å². The van der Waals surface area contributed by atoms with Crippen LogP contribution >= 0.6 is 11.3 Å². The highest BCUT2D eigenvalue weighted by Gasteiger charge is 2.10. The molecule has 2 rings (SSSR count). The van der Waals surface area contributed by atoms with Gasteiger partial charge in [0.15, 0.2) is 0 Å². The Morgan fingerprint density at radius 1 is 1.29 bits per heavy atom. The van der Waals surface area contributed by atoms with Gasteiger partial charge in [0.1, 0.15) is 0 Å². The molecule has 21 heavy (non-hydrogen) atoms. The highest BCUT2D eigenvalue weighted by Crippen LogP contribution is 2.25. The molecule has 112 valence electrons. The number of thiazole rings is 1. The number of non-ortho nitro benzene ring substituents is 1. The molecule has 1 heterocycles. The number of anilines is 2. The Balaban J connectivity index is 2.12. The van der Waals surface area contributed by atoms with Crippen LogP contribution in [0.3, 0.4) is 0 Å². The van der Waals surface area contributed by atoms with Gasteiger partial charge in [-0.2, -0.15) is 0 Å². The van der Waals surface area contributed by atoms with Gasteiger partial charge >= 0.3 is 0 Å². The molecule has 2 N–H and O–H groups in total. The minimum absolute atomic E-state index is 0.0825. The molecule has 0 spiro atoms. The summed E-state index contributed by atoms with van der Waals surface area (Å²) in [7, 11) is 0. The lowest BCUT2D eigenvalue weighted by Gasteiger charge is -2.09. The van der Waals surface area contributed by atoms with E-state index in [1.54, 1.807) is 23.5 Å². The predicted molar refractivity (Wildman–Crippen MR) is 86.1 cm³/mol. The summed E-state index contributed by atoms with van der Waals surface area (Å²) in [5, 5.41) is 18.4. The van der Waals surface area contributed by atoms with Crippen LogP contribution in [0, 0.1) is 17.0 Å². The number of benzene rings is 1. The van der Waals surface area contributed by atoms with Crippen LogP contribution in [0.25, 0.3) is 0 Å². The molecular weight excluding hydrogens is 288 g/mol. The summed E-state index contributed by atoms with van der Waals surface area (Å²) in [5.41, 5.74) is 1.57. The zero-order valence-corrected chi connectivity index (χ0v) is 12.9. The van der Waals surface area contributed by atoms with Crippen LogP contribution in [0.15, 0.2) is 24.4 Å². The summed E-state index contributed by atoms with van der Waals surface area (Å²) in [6.07, 6.45) is 2.78. The van der Waals surface area contributed by atoms with Gasteiger partial charge < -0.3 is 10.6 Å². The standard InChI is InChI=1S/C14H18N4O2S/c1-3-4-15-11-5-12(7-13(6-11)18(19)20)17-9-14-8-16-10(2)21-14/h5-8,15,17H,3-4,9H2,1-2H3. The molecule has 0 atom stereocenters. The van der Waals surface area contributed by atoms with Crippen LogP contribution in [0.4, 0.5) is 17.1 Å². The molecule has 0 aliphatic heterocycles. The molecule has 0 saturated heterocycles. The summed E-state index contributed by atoms with van der Waals surface area (Å²) in [4.78, 5) is 15.9. The quantitative estimate of drug-likeness (QED) is 0.601. The molecule has 0 amide bonds. The Hall–Kier alpha value is -2.15. The van der Waals surface area contributed by atoms with Crippen LogP contribution in [0.5, 0.6) is 0 Å². The van der Waals surface area contributed by atoms with Crippen molar-refractivity contribution in [2.45, 2.75) is 26.8 Å². The summed E-state index contributed by atoms with van der Waals surface area (Å²) in [5.74, 6) is 0. The molecule has 1 aromatic carbocycles. The molecule has 0 unspecified atom stereocenters. The maximum Gasteiger partial charge on any atom is 0.273 e. The normalized spacial score (nSPS) is 10.4. The molecule has 7 heteroatoms. The number of nitro groups is 1. The first-order valence-electron chi connectivity index (χ1n) is 6.77. The molecule has 0 bridgehead atoms. The maximum absolute atomic E-state index is 11.0. The Morgan fingerprint density at radius 2 is 2.00 bits per heavy atom. The number of hydrogen-bond acceptors (Lipinski definition) is 6. The van der Waals surface area contributed by atoms with Crippen molar-refractivity contribution in [3.63, 3.8) is 0 Å². The molecule has 2 aromatic rings. The van der Waals surface area contributed by atoms with Crippen molar-refractivity contribution in [3.05, 3.63) is 44.4 Å². The monoisotopic (exact) mass is 306 g/mol. The minimum atomic E-state index is -0.376. The summed E-state index contributed by atoms with van der Waals surface area (Å²) < 4.78 is 0. The van der Waals surface area contributed by atoms with E-state index in [0.29, 0.717) is 6.54 Å². The third-order valence-electron chi connectivity index (χ3n) is 2.84. The predicted octanol–water partition coefficient (Wildman–Crippen LogP) is 3.79. The topological polar surface area (TPSA) is 80.1 Å². The second-order valence-electron chi connectivity index (χ2n) is 4.65. The third kappa shape index (κ3) is 4.42. The lowest BCUT2D eigenvalue weighted by atomic mass is 10.2. The van der Waals surface area contributed by atoms with E-state index in [1.807, 2.05) is 19.2 Å². The van der Waals surface area contributed by atoms with Gasteiger partial charge in [0, 0.05) is 41.1 Å². The maximum atomic E-state index is 11.0. The van der Waals surface area contributed by atoms with E-state index < -0.39 is 0 Å². The number of nitrogens with one attached hydrogen (secondary N) is 2. The van der Waals surface area contributed by atoms with Crippen LogP contribution < -0.4 is 10.6 Å². The SMILES string of the molecule is CCCNc1cc(NCc2cnc(C)s2)cc([N+](=O)[O-])c1. The molecule has 6 nitrogen and oxygen atoms in total. The van der Waals surface area contributed by atoms with E-state index in [1.165, 1.54) is 0 Å². The van der Waals surface area contributed by atoms with Crippen LogP contribution in [-0.4, -0.2) is 16.5 Å². The minimum Gasteiger partial charge on any atom is -0.385 e. The number of aryl methyl sites for hydroxylation is 1. The van der Waals surface area contributed by atoms with Gasteiger partial charge in [-0.3, -0.25) is 10.1 Å². The Kier molecular flexibility index (Phi) is 5.10. The van der Waals surface area contributed by atoms with Gasteiger partial charge in [-0.05, 0) is 19.4 Å². The van der Waals surface area contributed by atoms with Crippen molar-refractivity contribution >= 4 is 28.4 Å². The van der Waals surface area contributed by atoms with Crippen molar-refractivity contribution in [3.8, 4) is 0 Å². The first-order valence-corrected chi connectivity index (χ1v) is 7.58. The molecule has 0 aliphatic rings. The zero-order chi connectivity index (χ0) is 15.2. The second kappa shape index (κ2) is 7.03. The fourth-order valence-electron chi connectivity index (χ4n) is 1.87. The van der Waals surface area contributed by atoms with E-state index in [9.17, 15) is 10.1 Å². The summed E-state index contributed by atoms with van der Waals surface area (Å²) in [6.45, 7) is 5.40. The lowest BCUT2D eigenvalue weighted by Crippen LogP contribution is -2.03. The number of nitrogens with zero attached hydrogens (tertiary/aromatic N) is 2. The highest BCUT2D eigenvalue weighted by molar-refractivity contribution is 7.11. The molecule has 0 fully saturated rings. The number of nitro benzene ring substituents is 1. The largest absolute Gasteiger partial charge is 0.385 e. The Bertz CT molecular complexity index is 627. The zero-order valence-electron chi connectivity index (χ0n) is 12.0. The first kappa shape index (κ1) is 15.2. The number of hydrogen-bond donors (Lipinski definition) is 2. The van der Waals surface area contributed by atoms with E-state index in [0.717, 1.165) is 34.2 Å². The van der Waals surface area contributed by atoms with E-state index in [4.69, 9.17) is 0 Å². The smallest absolute Gasteiger partial charge is 0.273 e. The third-order valence-corrected chi connectivity index (χ3v) is 3.76. The van der Waals surface area contributed by atoms with Gasteiger partial charge in [0.25, 0.3) is 5.69 Å². The average Bonchev–Trinajstić information content (AvgIpc) is 2.88. The number of aromatic nitrogens is 1. The van der Waals surface area contributed by atoms with Crippen LogP contribution in [-0.2, 0) is 6.54 Å². The molecule has 0 radical (unpaired) electrons. The van der Waals surface area contributed by atoms with Crippen LogP contribution in [0.1, 0.15) is 23.2 Å². The van der Waals surface area contributed by atoms with Crippen molar-refractivity contribution in [1.82, 2.24) is 4.98 Å². The lowest BCUT2D eigenvalue weighted by molar-refractivity contribution is -0.384. The highest BCUT2D eigenvalue weighted by atomic mass is 32.1.